The molecule has 2 unspecified atom stereocenters. The second-order valence-electron chi connectivity index (χ2n) is 10.5. The number of aldehydes is 1. The fraction of sp³-hybridized carbons (Fsp3) is 0.500. The lowest BCUT2D eigenvalue weighted by molar-refractivity contribution is -0.120. The summed E-state index contributed by atoms with van der Waals surface area (Å²) in [5.74, 6) is 0.374. The van der Waals surface area contributed by atoms with Crippen molar-refractivity contribution in [1.29, 1.82) is 0 Å². The van der Waals surface area contributed by atoms with E-state index in [2.05, 4.69) is 102 Å². The van der Waals surface area contributed by atoms with Crippen molar-refractivity contribution in [3.63, 3.8) is 0 Å². The Bertz CT molecular complexity index is 783. The highest BCUT2D eigenvalue weighted by Gasteiger charge is 2.54. The van der Waals surface area contributed by atoms with E-state index in [-0.39, 0.29) is 15.9 Å². The molecule has 3 rings (SSSR count). The minimum Gasteiger partial charge on any atom is -0.407 e. The van der Waals surface area contributed by atoms with E-state index in [0.717, 1.165) is 12.8 Å². The van der Waals surface area contributed by atoms with Gasteiger partial charge in [-0.05, 0) is 39.6 Å². The first-order chi connectivity index (χ1) is 13.6. The van der Waals surface area contributed by atoms with Gasteiger partial charge in [-0.25, -0.2) is 0 Å². The average molecular weight is 409 g/mol. The molecule has 0 radical (unpaired) electrons. The van der Waals surface area contributed by atoms with Gasteiger partial charge in [0.25, 0.3) is 8.32 Å². The topological polar surface area (TPSA) is 26.3 Å². The van der Waals surface area contributed by atoms with Gasteiger partial charge in [0, 0.05) is 12.0 Å². The van der Waals surface area contributed by atoms with E-state index in [1.165, 1.54) is 16.7 Å². The molecule has 29 heavy (non-hydrogen) atoms. The molecule has 2 nitrogen and oxygen atoms in total. The Balaban J connectivity index is 2.05. The maximum Gasteiger partial charge on any atom is 0.261 e. The molecule has 2 atom stereocenters. The summed E-state index contributed by atoms with van der Waals surface area (Å²) < 4.78 is 7.15. The highest BCUT2D eigenvalue weighted by Crippen LogP contribution is 2.55. The van der Waals surface area contributed by atoms with Crippen LogP contribution in [0.2, 0.25) is 5.04 Å². The third-order valence-electron chi connectivity index (χ3n) is 7.68. The number of hydrogen-bond donors (Lipinski definition) is 0. The summed E-state index contributed by atoms with van der Waals surface area (Å²) in [5.41, 5.74) is -0.341. The van der Waals surface area contributed by atoms with Gasteiger partial charge in [-0.3, -0.25) is 0 Å². The van der Waals surface area contributed by atoms with Gasteiger partial charge >= 0.3 is 0 Å². The van der Waals surface area contributed by atoms with Crippen LogP contribution in [0.15, 0.2) is 60.7 Å². The third-order valence-corrected chi connectivity index (χ3v) is 12.7. The molecule has 1 aliphatic carbocycles. The van der Waals surface area contributed by atoms with Crippen molar-refractivity contribution < 1.29 is 9.22 Å². The van der Waals surface area contributed by atoms with E-state index in [1.807, 2.05) is 0 Å². The zero-order valence-corrected chi connectivity index (χ0v) is 19.9. The number of carbonyl (C=O) groups is 1. The lowest BCUT2D eigenvalue weighted by atomic mass is 9.67. The van der Waals surface area contributed by atoms with Gasteiger partial charge in [0.2, 0.25) is 0 Å². The summed E-state index contributed by atoms with van der Waals surface area (Å²) in [7, 11) is -2.52. The molecule has 0 aromatic heterocycles. The largest absolute Gasteiger partial charge is 0.407 e. The molecule has 0 spiro atoms. The van der Waals surface area contributed by atoms with Crippen molar-refractivity contribution in [3.8, 4) is 0 Å². The summed E-state index contributed by atoms with van der Waals surface area (Å²) in [6, 6.07) is 21.6. The standard InChI is InChI=1S/C26H36O2Si/c1-24(2,3)29(22-13-9-7-10-14-22,23-15-11-8-12-16-23)28-19-21-17-18-26(6,20-27)25(21,4)5/h7-16,20-21H,17-19H2,1-6H3. The van der Waals surface area contributed by atoms with Crippen LogP contribution in [0.25, 0.3) is 0 Å². The van der Waals surface area contributed by atoms with Gasteiger partial charge in [-0.15, -0.1) is 0 Å². The Morgan fingerprint density at radius 3 is 1.83 bits per heavy atom. The molecule has 0 N–H and O–H groups in total. The lowest BCUT2D eigenvalue weighted by Gasteiger charge is -2.45. The van der Waals surface area contributed by atoms with Crippen molar-refractivity contribution in [2.75, 3.05) is 6.61 Å². The smallest absolute Gasteiger partial charge is 0.261 e. The first-order valence-corrected chi connectivity index (χ1v) is 12.7. The van der Waals surface area contributed by atoms with Crippen molar-refractivity contribution in [2.45, 2.75) is 59.4 Å². The lowest BCUT2D eigenvalue weighted by Crippen LogP contribution is -2.67. The van der Waals surface area contributed by atoms with E-state index in [1.54, 1.807) is 0 Å². The minimum atomic E-state index is -2.52. The molecule has 0 bridgehead atoms. The first-order valence-electron chi connectivity index (χ1n) is 10.8. The van der Waals surface area contributed by atoms with Gasteiger partial charge in [0.05, 0.1) is 0 Å². The second-order valence-corrected chi connectivity index (χ2v) is 14.8. The number of carbonyl (C=O) groups excluding carboxylic acids is 1. The maximum absolute atomic E-state index is 11.9. The Hall–Kier alpha value is -1.71. The van der Waals surface area contributed by atoms with Crippen LogP contribution in [0.4, 0.5) is 0 Å². The summed E-state index contributed by atoms with van der Waals surface area (Å²) >= 11 is 0. The summed E-state index contributed by atoms with van der Waals surface area (Å²) in [6.45, 7) is 14.2. The summed E-state index contributed by atoms with van der Waals surface area (Å²) in [4.78, 5) is 11.9. The first kappa shape index (κ1) is 22.0. The molecule has 1 aliphatic rings. The monoisotopic (exact) mass is 408 g/mol. The van der Waals surface area contributed by atoms with Crippen molar-refractivity contribution in [3.05, 3.63) is 60.7 Å². The second kappa shape index (κ2) is 7.85. The van der Waals surface area contributed by atoms with Crippen molar-refractivity contribution in [2.24, 2.45) is 16.7 Å². The molecular weight excluding hydrogens is 372 g/mol. The number of benzene rings is 2. The van der Waals surface area contributed by atoms with Crippen molar-refractivity contribution in [1.82, 2.24) is 0 Å². The van der Waals surface area contributed by atoms with Crippen LogP contribution in [0, 0.1) is 16.7 Å². The normalized spacial score (nSPS) is 24.4. The van der Waals surface area contributed by atoms with E-state index in [9.17, 15) is 4.79 Å². The predicted octanol–water partition coefficient (Wildman–Crippen LogP) is 5.20. The van der Waals surface area contributed by atoms with E-state index in [0.29, 0.717) is 12.5 Å². The van der Waals surface area contributed by atoms with Crippen LogP contribution in [-0.2, 0) is 9.22 Å². The zero-order valence-electron chi connectivity index (χ0n) is 18.9. The quantitative estimate of drug-likeness (QED) is 0.485. The average Bonchev–Trinajstić information content (AvgIpc) is 2.93. The molecule has 0 heterocycles. The Kier molecular flexibility index (Phi) is 5.95. The highest BCUT2D eigenvalue weighted by atomic mass is 28.4. The minimum absolute atomic E-state index is 0.0214. The molecule has 0 amide bonds. The number of rotatable bonds is 6. The molecular formula is C26H36O2Si. The van der Waals surface area contributed by atoms with Crippen LogP contribution < -0.4 is 10.4 Å². The number of hydrogen-bond acceptors (Lipinski definition) is 2. The van der Waals surface area contributed by atoms with Gasteiger partial charge in [0.1, 0.15) is 6.29 Å². The van der Waals surface area contributed by atoms with Gasteiger partial charge < -0.3 is 9.22 Å². The molecule has 0 aliphatic heterocycles. The van der Waals surface area contributed by atoms with Gasteiger partial charge in [0.15, 0.2) is 0 Å². The van der Waals surface area contributed by atoms with Crippen LogP contribution in [0.1, 0.15) is 54.4 Å². The van der Waals surface area contributed by atoms with E-state index in [4.69, 9.17) is 4.43 Å². The fourth-order valence-corrected chi connectivity index (χ4v) is 9.72. The van der Waals surface area contributed by atoms with Crippen LogP contribution in [0.3, 0.4) is 0 Å². The summed E-state index contributed by atoms with van der Waals surface area (Å²) in [6.07, 6.45) is 3.16. The maximum atomic E-state index is 11.9. The molecule has 156 valence electrons. The fourth-order valence-electron chi connectivity index (χ4n) is 5.11. The molecule has 2 aromatic rings. The third kappa shape index (κ3) is 3.64. The zero-order chi connectivity index (χ0) is 21.3. The SMILES string of the molecule is CC1(C=O)CCC(CO[Si](c2ccccc2)(c2ccccc2)C(C)(C)C)C1(C)C. The summed E-state index contributed by atoms with van der Waals surface area (Å²) in [5, 5.41) is 2.60. The van der Waals surface area contributed by atoms with Gasteiger partial charge in [-0.1, -0.05) is 102 Å². The molecule has 1 saturated carbocycles. The molecule has 0 saturated heterocycles. The molecule has 3 heteroatoms. The van der Waals surface area contributed by atoms with Crippen LogP contribution in [0.5, 0.6) is 0 Å². The van der Waals surface area contributed by atoms with E-state index < -0.39 is 8.32 Å². The van der Waals surface area contributed by atoms with Crippen molar-refractivity contribution >= 4 is 25.0 Å². The van der Waals surface area contributed by atoms with Gasteiger partial charge in [-0.2, -0.15) is 0 Å². The Morgan fingerprint density at radius 1 is 0.966 bits per heavy atom. The highest BCUT2D eigenvalue weighted by molar-refractivity contribution is 6.99. The van der Waals surface area contributed by atoms with Crippen LogP contribution >= 0.6 is 0 Å². The Morgan fingerprint density at radius 2 is 1.45 bits per heavy atom. The van der Waals surface area contributed by atoms with E-state index >= 15 is 0 Å². The van der Waals surface area contributed by atoms with Crippen LogP contribution in [-0.4, -0.2) is 21.2 Å². The molecule has 2 aromatic carbocycles. The molecule has 1 fully saturated rings. The Labute approximate surface area is 177 Å². The predicted molar refractivity (Wildman–Crippen MR) is 124 cm³/mol.